The van der Waals surface area contributed by atoms with Gasteiger partial charge in [0.15, 0.2) is 0 Å². The summed E-state index contributed by atoms with van der Waals surface area (Å²) in [5, 5.41) is 6.87. The SMILES string of the molecule is Cc1csc(COc2ccc(-n3ncn(Cc4c(F)cccc4F)c3=O)cc2)n1. The molecule has 6 nitrogen and oxygen atoms in total. The van der Waals surface area contributed by atoms with Crippen LogP contribution >= 0.6 is 11.3 Å². The lowest BCUT2D eigenvalue weighted by molar-refractivity contribution is 0.305. The van der Waals surface area contributed by atoms with Gasteiger partial charge in [0.2, 0.25) is 0 Å². The largest absolute Gasteiger partial charge is 0.486 e. The van der Waals surface area contributed by atoms with Crippen LogP contribution in [-0.2, 0) is 13.2 Å². The van der Waals surface area contributed by atoms with E-state index in [1.54, 1.807) is 24.3 Å². The molecule has 0 saturated carbocycles. The van der Waals surface area contributed by atoms with Crippen LogP contribution in [0.5, 0.6) is 5.75 Å². The number of hydrogen-bond donors (Lipinski definition) is 0. The van der Waals surface area contributed by atoms with Crippen molar-refractivity contribution in [1.82, 2.24) is 19.3 Å². The van der Waals surface area contributed by atoms with Gasteiger partial charge in [-0.15, -0.1) is 11.3 Å². The van der Waals surface area contributed by atoms with Gasteiger partial charge in [0, 0.05) is 16.6 Å². The highest BCUT2D eigenvalue weighted by Crippen LogP contribution is 2.17. The van der Waals surface area contributed by atoms with Crippen molar-refractivity contribution in [3.8, 4) is 11.4 Å². The summed E-state index contributed by atoms with van der Waals surface area (Å²) in [6, 6.07) is 10.4. The zero-order valence-electron chi connectivity index (χ0n) is 15.4. The summed E-state index contributed by atoms with van der Waals surface area (Å²) in [7, 11) is 0. The Hall–Kier alpha value is -3.33. The van der Waals surface area contributed by atoms with Crippen LogP contribution < -0.4 is 10.4 Å². The molecular formula is C20H16F2N4O2S. The van der Waals surface area contributed by atoms with Gasteiger partial charge in [-0.2, -0.15) is 9.78 Å². The number of benzene rings is 2. The van der Waals surface area contributed by atoms with Crippen molar-refractivity contribution in [2.45, 2.75) is 20.1 Å². The van der Waals surface area contributed by atoms with Crippen molar-refractivity contribution in [2.24, 2.45) is 0 Å². The smallest absolute Gasteiger partial charge is 0.350 e. The average Bonchev–Trinajstić information content (AvgIpc) is 3.29. The summed E-state index contributed by atoms with van der Waals surface area (Å²) >= 11 is 1.53. The van der Waals surface area contributed by atoms with E-state index in [2.05, 4.69) is 10.1 Å². The van der Waals surface area contributed by atoms with Crippen molar-refractivity contribution < 1.29 is 13.5 Å². The maximum Gasteiger partial charge on any atom is 0.350 e. The number of thiazole rings is 1. The van der Waals surface area contributed by atoms with Gasteiger partial charge < -0.3 is 4.74 Å². The zero-order valence-corrected chi connectivity index (χ0v) is 16.2. The van der Waals surface area contributed by atoms with Crippen LogP contribution in [0.4, 0.5) is 8.78 Å². The van der Waals surface area contributed by atoms with Gasteiger partial charge in [-0.1, -0.05) is 6.07 Å². The third-order valence-electron chi connectivity index (χ3n) is 4.23. The molecule has 9 heteroatoms. The van der Waals surface area contributed by atoms with E-state index in [4.69, 9.17) is 4.74 Å². The summed E-state index contributed by atoms with van der Waals surface area (Å²) in [5.74, 6) is -0.786. The highest BCUT2D eigenvalue weighted by Gasteiger charge is 2.13. The van der Waals surface area contributed by atoms with E-state index >= 15 is 0 Å². The summed E-state index contributed by atoms with van der Waals surface area (Å²) < 4.78 is 35.7. The number of ether oxygens (including phenoxy) is 1. The molecule has 0 aliphatic heterocycles. The van der Waals surface area contributed by atoms with E-state index in [9.17, 15) is 13.6 Å². The van der Waals surface area contributed by atoms with Gasteiger partial charge in [0.1, 0.15) is 35.3 Å². The van der Waals surface area contributed by atoms with E-state index in [1.165, 1.54) is 23.7 Å². The molecule has 4 aromatic rings. The normalized spacial score (nSPS) is 11.0. The molecule has 148 valence electrons. The molecule has 0 radical (unpaired) electrons. The number of halogens is 2. The summed E-state index contributed by atoms with van der Waals surface area (Å²) in [4.78, 5) is 16.9. The fourth-order valence-corrected chi connectivity index (χ4v) is 3.45. The highest BCUT2D eigenvalue weighted by molar-refractivity contribution is 7.09. The van der Waals surface area contributed by atoms with Crippen LogP contribution in [0.2, 0.25) is 0 Å². The first-order valence-corrected chi connectivity index (χ1v) is 9.61. The number of aromatic nitrogens is 4. The van der Waals surface area contributed by atoms with Crippen LogP contribution in [0.25, 0.3) is 5.69 Å². The monoisotopic (exact) mass is 414 g/mol. The molecule has 0 saturated heterocycles. The van der Waals surface area contributed by atoms with Crippen LogP contribution in [0.15, 0.2) is 59.0 Å². The number of rotatable bonds is 6. The second kappa shape index (κ2) is 7.96. The Bertz CT molecular complexity index is 1180. The molecule has 29 heavy (non-hydrogen) atoms. The number of nitrogens with zero attached hydrogens (tertiary/aromatic N) is 4. The van der Waals surface area contributed by atoms with Crippen molar-refractivity contribution in [2.75, 3.05) is 0 Å². The quantitative estimate of drug-likeness (QED) is 0.483. The summed E-state index contributed by atoms with van der Waals surface area (Å²) in [5.41, 5.74) is 0.782. The molecule has 0 aliphatic carbocycles. The molecule has 0 N–H and O–H groups in total. The van der Waals surface area contributed by atoms with Gasteiger partial charge >= 0.3 is 5.69 Å². The van der Waals surface area contributed by atoms with Crippen molar-refractivity contribution in [3.63, 3.8) is 0 Å². The molecule has 4 rings (SSSR count). The van der Waals surface area contributed by atoms with Crippen LogP contribution in [0.1, 0.15) is 16.3 Å². The van der Waals surface area contributed by atoms with Gasteiger partial charge in [0.25, 0.3) is 0 Å². The minimum Gasteiger partial charge on any atom is -0.486 e. The van der Waals surface area contributed by atoms with Crippen molar-refractivity contribution in [3.05, 3.63) is 92.6 Å². The van der Waals surface area contributed by atoms with E-state index in [0.717, 1.165) is 32.1 Å². The van der Waals surface area contributed by atoms with E-state index in [-0.39, 0.29) is 12.1 Å². The molecule has 2 aromatic carbocycles. The predicted molar refractivity (Wildman–Crippen MR) is 104 cm³/mol. The molecule has 2 aromatic heterocycles. The molecule has 0 atom stereocenters. The Morgan fingerprint density at radius 3 is 2.48 bits per heavy atom. The maximum atomic E-state index is 13.8. The lowest BCUT2D eigenvalue weighted by atomic mass is 10.2. The minimum atomic E-state index is -0.707. The highest BCUT2D eigenvalue weighted by atomic mass is 32.1. The molecule has 0 aliphatic rings. The van der Waals surface area contributed by atoms with E-state index < -0.39 is 17.3 Å². The third kappa shape index (κ3) is 4.09. The predicted octanol–water partition coefficient (Wildman–Crippen LogP) is 3.70. The molecule has 0 spiro atoms. The molecular weight excluding hydrogens is 398 g/mol. The zero-order chi connectivity index (χ0) is 20.4. The van der Waals surface area contributed by atoms with Crippen LogP contribution in [-0.4, -0.2) is 19.3 Å². The standard InChI is InChI=1S/C20H16F2N4O2S/c1-13-11-29-19(24-13)10-28-15-7-5-14(6-8-15)26-20(27)25(12-23-26)9-16-17(21)3-2-4-18(16)22/h2-8,11-12H,9-10H2,1H3. The van der Waals surface area contributed by atoms with Crippen molar-refractivity contribution >= 4 is 11.3 Å². The average molecular weight is 414 g/mol. The first kappa shape index (κ1) is 19.0. The fourth-order valence-electron chi connectivity index (χ4n) is 2.77. The second-order valence-corrected chi connectivity index (χ2v) is 7.26. The van der Waals surface area contributed by atoms with Gasteiger partial charge in [-0.25, -0.2) is 18.6 Å². The molecule has 0 fully saturated rings. The van der Waals surface area contributed by atoms with E-state index in [0.29, 0.717) is 18.0 Å². The lowest BCUT2D eigenvalue weighted by Gasteiger charge is -2.06. The summed E-state index contributed by atoms with van der Waals surface area (Å²) in [6.07, 6.45) is 1.25. The van der Waals surface area contributed by atoms with Gasteiger partial charge in [-0.05, 0) is 43.3 Å². The Morgan fingerprint density at radius 2 is 1.83 bits per heavy atom. The lowest BCUT2D eigenvalue weighted by Crippen LogP contribution is -2.24. The molecule has 0 bridgehead atoms. The number of hydrogen-bond acceptors (Lipinski definition) is 5. The van der Waals surface area contributed by atoms with Crippen LogP contribution in [0, 0.1) is 18.6 Å². The Labute approximate surface area is 168 Å². The van der Waals surface area contributed by atoms with Gasteiger partial charge in [-0.3, -0.25) is 4.57 Å². The first-order chi connectivity index (χ1) is 14.0. The number of aryl methyl sites for hydroxylation is 1. The fraction of sp³-hybridized carbons (Fsp3) is 0.150. The Morgan fingerprint density at radius 1 is 1.10 bits per heavy atom. The molecule has 0 unspecified atom stereocenters. The second-order valence-electron chi connectivity index (χ2n) is 6.32. The Kier molecular flexibility index (Phi) is 5.22. The minimum absolute atomic E-state index is 0.185. The van der Waals surface area contributed by atoms with Gasteiger partial charge in [0.05, 0.1) is 12.2 Å². The summed E-state index contributed by atoms with van der Waals surface area (Å²) in [6.45, 7) is 2.04. The van der Waals surface area contributed by atoms with E-state index in [1.807, 2.05) is 12.3 Å². The molecule has 0 amide bonds. The molecule has 2 heterocycles. The third-order valence-corrected chi connectivity index (χ3v) is 5.17. The van der Waals surface area contributed by atoms with Crippen LogP contribution in [0.3, 0.4) is 0 Å². The Balaban J connectivity index is 1.50. The first-order valence-electron chi connectivity index (χ1n) is 8.73. The maximum absolute atomic E-state index is 13.8. The van der Waals surface area contributed by atoms with Crippen molar-refractivity contribution in [1.29, 1.82) is 0 Å². The topological polar surface area (TPSA) is 61.9 Å².